The third-order valence-corrected chi connectivity index (χ3v) is 4.39. The van der Waals surface area contributed by atoms with Crippen molar-refractivity contribution in [1.29, 1.82) is 0 Å². The Hall–Kier alpha value is -3.03. The number of hydrogen-bond acceptors (Lipinski definition) is 5. The van der Waals surface area contributed by atoms with Crippen LogP contribution in [0.4, 0.5) is 5.69 Å². The molecule has 3 heterocycles. The molecular formula is C17H18N4O4. The molecule has 1 atom stereocenters. The zero-order valence-corrected chi connectivity index (χ0v) is 13.8. The number of carbonyl (C=O) groups excluding carboxylic acids is 2. The second-order valence-electron chi connectivity index (χ2n) is 6.16. The van der Waals surface area contributed by atoms with Crippen LogP contribution in [0.1, 0.15) is 18.4 Å². The van der Waals surface area contributed by atoms with Crippen LogP contribution in [-0.4, -0.2) is 39.3 Å². The molecule has 2 aliphatic rings. The number of rotatable bonds is 4. The number of fused-ring (bicyclic) bond motifs is 1. The molecule has 0 radical (unpaired) electrons. The van der Waals surface area contributed by atoms with E-state index in [2.05, 4.69) is 10.4 Å². The summed E-state index contributed by atoms with van der Waals surface area (Å²) in [7, 11) is 1.78. The molecular weight excluding hydrogens is 324 g/mol. The molecule has 4 rings (SSSR count). The SMILES string of the molecule is Cn1cc(NC(=O)C2CCC(=O)N2Cc2ccc3c(c2)OCO3)cn1. The summed E-state index contributed by atoms with van der Waals surface area (Å²) in [5, 5.41) is 6.85. The number of aromatic nitrogens is 2. The highest BCUT2D eigenvalue weighted by Gasteiger charge is 2.36. The van der Waals surface area contributed by atoms with Gasteiger partial charge in [-0.25, -0.2) is 0 Å². The highest BCUT2D eigenvalue weighted by molar-refractivity contribution is 5.98. The Balaban J connectivity index is 1.48. The zero-order valence-electron chi connectivity index (χ0n) is 13.8. The van der Waals surface area contributed by atoms with Crippen molar-refractivity contribution in [2.75, 3.05) is 12.1 Å². The number of amides is 2. The fraction of sp³-hybridized carbons (Fsp3) is 0.353. The van der Waals surface area contributed by atoms with Crippen molar-refractivity contribution < 1.29 is 19.1 Å². The third kappa shape index (κ3) is 3.02. The quantitative estimate of drug-likeness (QED) is 0.905. The van der Waals surface area contributed by atoms with Gasteiger partial charge in [0.2, 0.25) is 18.6 Å². The lowest BCUT2D eigenvalue weighted by molar-refractivity contribution is -0.133. The van der Waals surface area contributed by atoms with Crippen LogP contribution in [0.3, 0.4) is 0 Å². The van der Waals surface area contributed by atoms with Crippen LogP contribution in [0.15, 0.2) is 30.6 Å². The first kappa shape index (κ1) is 15.5. The van der Waals surface area contributed by atoms with Gasteiger partial charge in [0.1, 0.15) is 6.04 Å². The van der Waals surface area contributed by atoms with Crippen LogP contribution in [0.25, 0.3) is 0 Å². The van der Waals surface area contributed by atoms with Gasteiger partial charge in [0.25, 0.3) is 0 Å². The van der Waals surface area contributed by atoms with Crippen molar-refractivity contribution in [3.63, 3.8) is 0 Å². The highest BCUT2D eigenvalue weighted by Crippen LogP contribution is 2.33. The van der Waals surface area contributed by atoms with Crippen molar-refractivity contribution >= 4 is 17.5 Å². The Morgan fingerprint density at radius 3 is 3.00 bits per heavy atom. The minimum Gasteiger partial charge on any atom is -0.454 e. The number of nitrogens with one attached hydrogen (secondary N) is 1. The van der Waals surface area contributed by atoms with E-state index in [1.54, 1.807) is 29.0 Å². The van der Waals surface area contributed by atoms with Crippen LogP contribution < -0.4 is 14.8 Å². The Bertz CT molecular complexity index is 832. The first-order chi connectivity index (χ1) is 12.1. The van der Waals surface area contributed by atoms with E-state index < -0.39 is 6.04 Å². The summed E-state index contributed by atoms with van der Waals surface area (Å²) in [4.78, 5) is 26.4. The van der Waals surface area contributed by atoms with Crippen LogP contribution in [0.5, 0.6) is 11.5 Å². The lowest BCUT2D eigenvalue weighted by atomic mass is 10.1. The van der Waals surface area contributed by atoms with Gasteiger partial charge in [0, 0.05) is 26.2 Å². The smallest absolute Gasteiger partial charge is 0.247 e. The van der Waals surface area contributed by atoms with Gasteiger partial charge in [0.15, 0.2) is 11.5 Å². The molecule has 1 N–H and O–H groups in total. The topological polar surface area (TPSA) is 85.7 Å². The summed E-state index contributed by atoms with van der Waals surface area (Å²) in [6.07, 6.45) is 4.18. The Morgan fingerprint density at radius 2 is 2.20 bits per heavy atom. The van der Waals surface area contributed by atoms with Gasteiger partial charge in [0.05, 0.1) is 11.9 Å². The van der Waals surface area contributed by atoms with Crippen molar-refractivity contribution in [1.82, 2.24) is 14.7 Å². The number of nitrogens with zero attached hydrogens (tertiary/aromatic N) is 3. The fourth-order valence-electron chi connectivity index (χ4n) is 3.15. The molecule has 0 spiro atoms. The zero-order chi connectivity index (χ0) is 17.4. The predicted octanol–water partition coefficient (Wildman–Crippen LogP) is 1.28. The standard InChI is InChI=1S/C17H18N4O4/c1-20-9-12(7-18-20)19-17(23)13-3-5-16(22)21(13)8-11-2-4-14-15(6-11)25-10-24-14/h2,4,6-7,9,13H,3,5,8,10H2,1H3,(H,19,23). The molecule has 0 bridgehead atoms. The average Bonchev–Trinajstić information content (AvgIpc) is 3.29. The van der Waals surface area contributed by atoms with Crippen LogP contribution in [-0.2, 0) is 23.2 Å². The van der Waals surface area contributed by atoms with Gasteiger partial charge in [-0.15, -0.1) is 0 Å². The molecule has 1 fully saturated rings. The number of benzene rings is 1. The molecule has 0 aliphatic carbocycles. The number of hydrogen-bond donors (Lipinski definition) is 1. The number of likely N-dealkylation sites (tertiary alicyclic amines) is 1. The highest BCUT2D eigenvalue weighted by atomic mass is 16.7. The third-order valence-electron chi connectivity index (χ3n) is 4.39. The van der Waals surface area contributed by atoms with Gasteiger partial charge in [-0.1, -0.05) is 6.07 Å². The van der Waals surface area contributed by atoms with Crippen molar-refractivity contribution in [3.8, 4) is 11.5 Å². The van der Waals surface area contributed by atoms with Gasteiger partial charge in [-0.2, -0.15) is 5.10 Å². The maximum absolute atomic E-state index is 12.6. The van der Waals surface area contributed by atoms with E-state index in [0.717, 1.165) is 5.56 Å². The number of carbonyl (C=O) groups is 2. The molecule has 25 heavy (non-hydrogen) atoms. The van der Waals surface area contributed by atoms with Crippen molar-refractivity contribution in [2.45, 2.75) is 25.4 Å². The van der Waals surface area contributed by atoms with Gasteiger partial charge >= 0.3 is 0 Å². The van der Waals surface area contributed by atoms with Crippen molar-refractivity contribution in [3.05, 3.63) is 36.2 Å². The van der Waals surface area contributed by atoms with Crippen molar-refractivity contribution in [2.24, 2.45) is 7.05 Å². The lowest BCUT2D eigenvalue weighted by Gasteiger charge is -2.24. The van der Waals surface area contributed by atoms with E-state index >= 15 is 0 Å². The predicted molar refractivity (Wildman–Crippen MR) is 88.0 cm³/mol. The van der Waals surface area contributed by atoms with Gasteiger partial charge < -0.3 is 19.7 Å². The molecule has 2 aliphatic heterocycles. The summed E-state index contributed by atoms with van der Waals surface area (Å²) in [5.41, 5.74) is 1.52. The molecule has 1 aromatic heterocycles. The van der Waals surface area contributed by atoms with E-state index in [1.165, 1.54) is 0 Å². The monoisotopic (exact) mass is 342 g/mol. The molecule has 1 unspecified atom stereocenters. The van der Waals surface area contributed by atoms with E-state index in [0.29, 0.717) is 36.6 Å². The Labute approximate surface area is 144 Å². The van der Waals surface area contributed by atoms with Gasteiger partial charge in [-0.05, 0) is 24.1 Å². The average molecular weight is 342 g/mol. The Morgan fingerprint density at radius 1 is 1.36 bits per heavy atom. The maximum Gasteiger partial charge on any atom is 0.247 e. The molecule has 2 amide bonds. The molecule has 0 saturated carbocycles. The minimum atomic E-state index is -0.488. The fourth-order valence-corrected chi connectivity index (χ4v) is 3.15. The summed E-state index contributed by atoms with van der Waals surface area (Å²) >= 11 is 0. The molecule has 1 aromatic carbocycles. The second-order valence-corrected chi connectivity index (χ2v) is 6.16. The second kappa shape index (κ2) is 6.12. The molecule has 8 heteroatoms. The normalized spacial score (nSPS) is 18.7. The molecule has 2 aromatic rings. The Kier molecular flexibility index (Phi) is 3.79. The molecule has 1 saturated heterocycles. The summed E-state index contributed by atoms with van der Waals surface area (Å²) < 4.78 is 12.3. The van der Waals surface area contributed by atoms with E-state index in [4.69, 9.17) is 9.47 Å². The molecule has 130 valence electrons. The number of aryl methyl sites for hydroxylation is 1. The first-order valence-electron chi connectivity index (χ1n) is 8.07. The largest absolute Gasteiger partial charge is 0.454 e. The van der Waals surface area contributed by atoms with E-state index in [9.17, 15) is 9.59 Å². The summed E-state index contributed by atoms with van der Waals surface area (Å²) in [6.45, 7) is 0.568. The van der Waals surface area contributed by atoms with E-state index in [1.807, 2.05) is 18.2 Å². The first-order valence-corrected chi connectivity index (χ1v) is 8.07. The summed E-state index contributed by atoms with van der Waals surface area (Å²) in [6, 6.07) is 5.07. The minimum absolute atomic E-state index is 0.0241. The van der Waals surface area contributed by atoms with E-state index in [-0.39, 0.29) is 18.6 Å². The lowest BCUT2D eigenvalue weighted by Crippen LogP contribution is -2.41. The maximum atomic E-state index is 12.6. The molecule has 8 nitrogen and oxygen atoms in total. The number of anilines is 1. The number of ether oxygens (including phenoxy) is 2. The van der Waals surface area contributed by atoms with Crippen LogP contribution in [0, 0.1) is 0 Å². The van der Waals surface area contributed by atoms with Crippen LogP contribution in [0.2, 0.25) is 0 Å². The van der Waals surface area contributed by atoms with Gasteiger partial charge in [-0.3, -0.25) is 14.3 Å². The summed E-state index contributed by atoms with van der Waals surface area (Å²) in [5.74, 6) is 1.14. The van der Waals surface area contributed by atoms with Crippen LogP contribution >= 0.6 is 0 Å².